The number of nitrogens with zero attached hydrogens (tertiary/aromatic N) is 2. The van der Waals surface area contributed by atoms with Gasteiger partial charge in [0.05, 0.1) is 5.69 Å². The van der Waals surface area contributed by atoms with Crippen LogP contribution in [-0.2, 0) is 13.0 Å². The summed E-state index contributed by atoms with van der Waals surface area (Å²) in [6.07, 6.45) is 9.25. The molecule has 1 amide bonds. The van der Waals surface area contributed by atoms with Crippen LogP contribution in [0.4, 0.5) is 0 Å². The highest BCUT2D eigenvalue weighted by Crippen LogP contribution is 2.29. The third-order valence-corrected chi connectivity index (χ3v) is 6.32. The molecule has 144 valence electrons. The van der Waals surface area contributed by atoms with Crippen LogP contribution in [0.15, 0.2) is 24.3 Å². The lowest BCUT2D eigenvalue weighted by atomic mass is 9.86. The van der Waals surface area contributed by atoms with Gasteiger partial charge in [0.15, 0.2) is 0 Å². The van der Waals surface area contributed by atoms with Crippen LogP contribution in [-0.4, -0.2) is 21.5 Å². The van der Waals surface area contributed by atoms with Crippen molar-refractivity contribution in [1.29, 1.82) is 0 Å². The molecule has 2 heterocycles. The number of hydrogen-bond donors (Lipinski definition) is 1. The lowest BCUT2D eigenvalue weighted by molar-refractivity contribution is 0.0904. The molecule has 0 radical (unpaired) electrons. The van der Waals surface area contributed by atoms with Gasteiger partial charge in [-0.2, -0.15) is 0 Å². The van der Waals surface area contributed by atoms with Crippen molar-refractivity contribution in [2.24, 2.45) is 5.92 Å². The zero-order valence-corrected chi connectivity index (χ0v) is 16.6. The Kier molecular flexibility index (Phi) is 5.33. The van der Waals surface area contributed by atoms with E-state index in [1.165, 1.54) is 31.2 Å². The van der Waals surface area contributed by atoms with E-state index < -0.39 is 0 Å². The Balaban J connectivity index is 1.67. The molecule has 2 aliphatic rings. The van der Waals surface area contributed by atoms with Crippen molar-refractivity contribution in [2.45, 2.75) is 77.8 Å². The molecule has 0 saturated heterocycles. The topological polar surface area (TPSA) is 46.9 Å². The number of aryl methyl sites for hydroxylation is 1. The lowest BCUT2D eigenvalue weighted by Gasteiger charge is -2.29. The van der Waals surface area contributed by atoms with Gasteiger partial charge >= 0.3 is 0 Å². The van der Waals surface area contributed by atoms with Gasteiger partial charge in [0, 0.05) is 18.2 Å². The molecule has 2 unspecified atom stereocenters. The summed E-state index contributed by atoms with van der Waals surface area (Å²) in [4.78, 5) is 18.0. The normalized spacial score (nSPS) is 22.7. The minimum Gasteiger partial charge on any atom is -0.348 e. The first-order chi connectivity index (χ1) is 13.1. The van der Waals surface area contributed by atoms with E-state index in [-0.39, 0.29) is 11.9 Å². The summed E-state index contributed by atoms with van der Waals surface area (Å²) in [5, 5.41) is 3.31. The molecule has 4 heteroatoms. The molecule has 1 fully saturated rings. The Hall–Kier alpha value is -2.10. The van der Waals surface area contributed by atoms with E-state index in [1.807, 2.05) is 0 Å². The maximum atomic E-state index is 13.2. The molecule has 27 heavy (non-hydrogen) atoms. The van der Waals surface area contributed by atoms with E-state index in [2.05, 4.69) is 48.0 Å². The van der Waals surface area contributed by atoms with Gasteiger partial charge in [-0.05, 0) is 44.9 Å². The van der Waals surface area contributed by atoms with E-state index in [1.54, 1.807) is 0 Å². The van der Waals surface area contributed by atoms with Crippen LogP contribution in [0.2, 0.25) is 0 Å². The van der Waals surface area contributed by atoms with Gasteiger partial charge in [0.2, 0.25) is 0 Å². The quantitative estimate of drug-likeness (QED) is 0.841. The number of carbonyl (C=O) groups excluding carboxylic acids is 1. The second-order valence-corrected chi connectivity index (χ2v) is 8.40. The monoisotopic (exact) mass is 365 g/mol. The number of benzene rings is 1. The molecule has 1 saturated carbocycles. The Morgan fingerprint density at radius 3 is 2.63 bits per heavy atom. The maximum absolute atomic E-state index is 13.2. The van der Waals surface area contributed by atoms with Crippen LogP contribution < -0.4 is 5.32 Å². The average molecular weight is 366 g/mol. The molecule has 2 atom stereocenters. The summed E-state index contributed by atoms with van der Waals surface area (Å²) in [5.74, 6) is 1.53. The SMILES string of the molecule is Cc1ccc(-c2nc(C(=O)NC3CCCCC3C)c3n2CCCCC3)cc1. The number of nitrogens with one attached hydrogen (secondary N) is 1. The molecular weight excluding hydrogens is 334 g/mol. The number of fused-ring (bicyclic) bond motifs is 1. The highest BCUT2D eigenvalue weighted by molar-refractivity contribution is 5.94. The number of aromatic nitrogens is 2. The van der Waals surface area contributed by atoms with E-state index in [9.17, 15) is 4.79 Å². The van der Waals surface area contributed by atoms with E-state index >= 15 is 0 Å². The fraction of sp³-hybridized carbons (Fsp3) is 0.565. The van der Waals surface area contributed by atoms with Crippen LogP contribution in [0.1, 0.15) is 73.6 Å². The minimum absolute atomic E-state index is 0.0257. The smallest absolute Gasteiger partial charge is 0.272 e. The average Bonchev–Trinajstić information content (AvgIpc) is 2.86. The molecule has 1 aliphatic heterocycles. The van der Waals surface area contributed by atoms with Gasteiger partial charge in [-0.15, -0.1) is 0 Å². The van der Waals surface area contributed by atoms with Crippen LogP contribution in [0.3, 0.4) is 0 Å². The van der Waals surface area contributed by atoms with Crippen molar-refractivity contribution in [2.75, 3.05) is 0 Å². The fourth-order valence-corrected chi connectivity index (χ4v) is 4.59. The highest BCUT2D eigenvalue weighted by Gasteiger charge is 2.28. The molecule has 1 aliphatic carbocycles. The van der Waals surface area contributed by atoms with Gasteiger partial charge in [-0.1, -0.05) is 56.0 Å². The standard InChI is InChI=1S/C23H31N3O/c1-16-11-13-18(14-12-16)22-25-21(20-10-4-3-7-15-26(20)22)23(27)24-19-9-6-5-8-17(19)2/h11-14,17,19H,3-10,15H2,1-2H3,(H,24,27). The molecular formula is C23H31N3O. The third-order valence-electron chi connectivity index (χ3n) is 6.32. The molecule has 2 aromatic rings. The molecule has 0 spiro atoms. The Morgan fingerprint density at radius 2 is 1.85 bits per heavy atom. The lowest BCUT2D eigenvalue weighted by Crippen LogP contribution is -2.41. The second kappa shape index (κ2) is 7.87. The fourth-order valence-electron chi connectivity index (χ4n) is 4.59. The summed E-state index contributed by atoms with van der Waals surface area (Å²) in [7, 11) is 0. The second-order valence-electron chi connectivity index (χ2n) is 8.40. The summed E-state index contributed by atoms with van der Waals surface area (Å²) < 4.78 is 2.30. The maximum Gasteiger partial charge on any atom is 0.272 e. The summed E-state index contributed by atoms with van der Waals surface area (Å²) in [5.41, 5.74) is 4.13. The zero-order chi connectivity index (χ0) is 18.8. The number of rotatable bonds is 3. The van der Waals surface area contributed by atoms with Gasteiger partial charge in [-0.25, -0.2) is 4.98 Å². The summed E-state index contributed by atoms with van der Waals surface area (Å²) in [6.45, 7) is 5.31. The van der Waals surface area contributed by atoms with Crippen molar-refractivity contribution < 1.29 is 4.79 Å². The molecule has 1 N–H and O–H groups in total. The van der Waals surface area contributed by atoms with Crippen molar-refractivity contribution in [1.82, 2.24) is 14.9 Å². The van der Waals surface area contributed by atoms with Crippen molar-refractivity contribution >= 4 is 5.91 Å². The van der Waals surface area contributed by atoms with Crippen LogP contribution in [0.25, 0.3) is 11.4 Å². The Labute approximate surface area is 162 Å². The van der Waals surface area contributed by atoms with Crippen LogP contribution in [0.5, 0.6) is 0 Å². The molecule has 1 aromatic carbocycles. The molecule has 4 rings (SSSR count). The Morgan fingerprint density at radius 1 is 1.07 bits per heavy atom. The van der Waals surface area contributed by atoms with Crippen molar-refractivity contribution in [3.8, 4) is 11.4 Å². The van der Waals surface area contributed by atoms with Gasteiger partial charge in [-0.3, -0.25) is 4.79 Å². The van der Waals surface area contributed by atoms with Gasteiger partial charge < -0.3 is 9.88 Å². The van der Waals surface area contributed by atoms with Gasteiger partial charge in [0.25, 0.3) is 5.91 Å². The number of hydrogen-bond acceptors (Lipinski definition) is 2. The first-order valence-electron chi connectivity index (χ1n) is 10.6. The molecule has 0 bridgehead atoms. The van der Waals surface area contributed by atoms with E-state index in [0.29, 0.717) is 11.6 Å². The van der Waals surface area contributed by atoms with E-state index in [4.69, 9.17) is 4.98 Å². The van der Waals surface area contributed by atoms with Crippen molar-refractivity contribution in [3.63, 3.8) is 0 Å². The van der Waals surface area contributed by atoms with Gasteiger partial charge in [0.1, 0.15) is 11.5 Å². The number of amides is 1. The minimum atomic E-state index is 0.0257. The molecule has 1 aromatic heterocycles. The summed E-state index contributed by atoms with van der Waals surface area (Å²) in [6, 6.07) is 8.78. The highest BCUT2D eigenvalue weighted by atomic mass is 16.2. The number of carbonyl (C=O) groups is 1. The van der Waals surface area contributed by atoms with E-state index in [0.717, 1.165) is 49.3 Å². The number of imidazole rings is 1. The third kappa shape index (κ3) is 3.80. The summed E-state index contributed by atoms with van der Waals surface area (Å²) >= 11 is 0. The first-order valence-corrected chi connectivity index (χ1v) is 10.6. The largest absolute Gasteiger partial charge is 0.348 e. The Bertz CT molecular complexity index is 806. The predicted octanol–water partition coefficient (Wildman–Crippen LogP) is 4.89. The zero-order valence-electron chi connectivity index (χ0n) is 16.6. The van der Waals surface area contributed by atoms with Crippen LogP contribution in [0, 0.1) is 12.8 Å². The van der Waals surface area contributed by atoms with Crippen LogP contribution >= 0.6 is 0 Å². The van der Waals surface area contributed by atoms with Crippen molar-refractivity contribution in [3.05, 3.63) is 41.2 Å². The molecule has 4 nitrogen and oxygen atoms in total. The predicted molar refractivity (Wildman–Crippen MR) is 109 cm³/mol. The first kappa shape index (κ1) is 18.3.